The summed E-state index contributed by atoms with van der Waals surface area (Å²) in [6.45, 7) is 4.92. The highest BCUT2D eigenvalue weighted by atomic mass is 16.5. The van der Waals surface area contributed by atoms with E-state index in [9.17, 15) is 9.59 Å². The third-order valence-electron chi connectivity index (χ3n) is 4.17. The van der Waals surface area contributed by atoms with E-state index in [2.05, 4.69) is 16.3 Å². The zero-order chi connectivity index (χ0) is 19.1. The maximum Gasteiger partial charge on any atom is 0.225 e. The predicted octanol–water partition coefficient (Wildman–Crippen LogP) is 3.67. The van der Waals surface area contributed by atoms with Crippen molar-refractivity contribution < 1.29 is 14.3 Å². The van der Waals surface area contributed by atoms with E-state index in [0.717, 1.165) is 11.3 Å². The summed E-state index contributed by atoms with van der Waals surface area (Å²) in [5.74, 6) is 0.817. The smallest absolute Gasteiger partial charge is 0.225 e. The maximum atomic E-state index is 12.1. The molecular weight excluding hydrogens is 328 g/mol. The summed E-state index contributed by atoms with van der Waals surface area (Å²) in [6, 6.07) is 13.0. The Hall–Kier alpha value is -2.66. The van der Waals surface area contributed by atoms with Gasteiger partial charge in [0.25, 0.3) is 0 Å². The van der Waals surface area contributed by atoms with Crippen molar-refractivity contribution in [3.8, 4) is 5.75 Å². The third kappa shape index (κ3) is 5.70. The zero-order valence-electron chi connectivity index (χ0n) is 15.8. The normalized spacial score (nSPS) is 10.7. The van der Waals surface area contributed by atoms with E-state index in [-0.39, 0.29) is 11.7 Å². The van der Waals surface area contributed by atoms with Crippen molar-refractivity contribution in [2.75, 3.05) is 26.0 Å². The molecule has 2 aromatic rings. The Morgan fingerprint density at radius 2 is 1.81 bits per heavy atom. The Morgan fingerprint density at radius 3 is 2.42 bits per heavy atom. The Bertz CT molecular complexity index is 769. The molecule has 0 saturated carbocycles. The number of methoxy groups -OCH3 is 1. The number of nitrogens with one attached hydrogen (secondary N) is 1. The lowest BCUT2D eigenvalue weighted by Crippen LogP contribution is -2.24. The Kier molecular flexibility index (Phi) is 6.92. The quantitative estimate of drug-likeness (QED) is 0.735. The van der Waals surface area contributed by atoms with Crippen molar-refractivity contribution in [1.82, 2.24) is 4.90 Å². The van der Waals surface area contributed by atoms with Crippen molar-refractivity contribution in [3.63, 3.8) is 0 Å². The molecule has 0 unspecified atom stereocenters. The molecule has 0 spiro atoms. The number of carbonyl (C=O) groups is 2. The fourth-order valence-electron chi connectivity index (χ4n) is 2.70. The number of anilines is 1. The monoisotopic (exact) mass is 354 g/mol. The highest BCUT2D eigenvalue weighted by Gasteiger charge is 2.09. The van der Waals surface area contributed by atoms with Gasteiger partial charge in [-0.2, -0.15) is 0 Å². The Labute approximate surface area is 155 Å². The summed E-state index contributed by atoms with van der Waals surface area (Å²) in [5, 5.41) is 2.86. The predicted molar refractivity (Wildman–Crippen MR) is 104 cm³/mol. The number of ether oxygens (including phenoxy) is 1. The lowest BCUT2D eigenvalue weighted by molar-refractivity contribution is -0.116. The zero-order valence-corrected chi connectivity index (χ0v) is 15.8. The van der Waals surface area contributed by atoms with Crippen LogP contribution < -0.4 is 10.1 Å². The minimum Gasteiger partial charge on any atom is -0.496 e. The number of carbonyl (C=O) groups excluding carboxylic acids is 2. The summed E-state index contributed by atoms with van der Waals surface area (Å²) in [6.07, 6.45) is 0.388. The van der Waals surface area contributed by atoms with E-state index < -0.39 is 0 Å². The Balaban J connectivity index is 1.85. The highest BCUT2D eigenvalue weighted by Crippen LogP contribution is 2.21. The molecule has 0 fully saturated rings. The second-order valence-electron chi connectivity index (χ2n) is 6.48. The molecule has 1 N–H and O–H groups in total. The first kappa shape index (κ1) is 19.7. The van der Waals surface area contributed by atoms with E-state index in [1.54, 1.807) is 31.4 Å². The van der Waals surface area contributed by atoms with Crippen molar-refractivity contribution in [3.05, 3.63) is 59.2 Å². The molecule has 5 heteroatoms. The van der Waals surface area contributed by atoms with Crippen LogP contribution in [0.3, 0.4) is 0 Å². The van der Waals surface area contributed by atoms with Gasteiger partial charge in [-0.1, -0.05) is 17.7 Å². The SMILES string of the molecule is COc1ccc(C)cc1CN(C)CCC(=O)Nc1ccc(C(C)=O)cc1. The van der Waals surface area contributed by atoms with Gasteiger partial charge in [0.1, 0.15) is 5.75 Å². The number of nitrogens with zero attached hydrogens (tertiary/aromatic N) is 1. The first-order valence-electron chi connectivity index (χ1n) is 8.62. The van der Waals surface area contributed by atoms with Gasteiger partial charge in [-0.3, -0.25) is 9.59 Å². The lowest BCUT2D eigenvalue weighted by Gasteiger charge is -2.18. The molecule has 0 aliphatic heterocycles. The van der Waals surface area contributed by atoms with E-state index >= 15 is 0 Å². The van der Waals surface area contributed by atoms with Gasteiger partial charge in [-0.05, 0) is 51.2 Å². The number of Topliss-reactive ketones (excluding diaryl/α,β-unsaturated/α-hetero) is 1. The molecule has 0 atom stereocenters. The number of benzene rings is 2. The van der Waals surface area contributed by atoms with Crippen LogP contribution >= 0.6 is 0 Å². The molecule has 0 heterocycles. The molecule has 2 aromatic carbocycles. The molecule has 5 nitrogen and oxygen atoms in total. The van der Waals surface area contributed by atoms with Crippen LogP contribution in [0.15, 0.2) is 42.5 Å². The van der Waals surface area contributed by atoms with Crippen molar-refractivity contribution >= 4 is 17.4 Å². The first-order valence-corrected chi connectivity index (χ1v) is 8.62. The molecule has 0 bridgehead atoms. The molecule has 0 saturated heterocycles. The van der Waals surface area contributed by atoms with Crippen LogP contribution in [-0.4, -0.2) is 37.3 Å². The molecule has 26 heavy (non-hydrogen) atoms. The van der Waals surface area contributed by atoms with Gasteiger partial charge < -0.3 is 15.0 Å². The van der Waals surface area contributed by atoms with E-state index in [4.69, 9.17) is 4.74 Å². The maximum absolute atomic E-state index is 12.1. The van der Waals surface area contributed by atoms with Crippen LogP contribution in [0.2, 0.25) is 0 Å². The van der Waals surface area contributed by atoms with Crippen LogP contribution in [0, 0.1) is 6.92 Å². The average molecular weight is 354 g/mol. The van der Waals surface area contributed by atoms with Gasteiger partial charge in [0, 0.05) is 36.3 Å². The summed E-state index contributed by atoms with van der Waals surface area (Å²) in [7, 11) is 3.65. The highest BCUT2D eigenvalue weighted by molar-refractivity contribution is 5.95. The van der Waals surface area contributed by atoms with Crippen LogP contribution in [0.25, 0.3) is 0 Å². The number of amides is 1. The molecule has 2 rings (SSSR count). The van der Waals surface area contributed by atoms with Crippen molar-refractivity contribution in [1.29, 1.82) is 0 Å². The Morgan fingerprint density at radius 1 is 1.12 bits per heavy atom. The average Bonchev–Trinajstić information content (AvgIpc) is 2.60. The van der Waals surface area contributed by atoms with E-state index in [1.807, 2.05) is 26.1 Å². The van der Waals surface area contributed by atoms with E-state index in [0.29, 0.717) is 30.8 Å². The topological polar surface area (TPSA) is 58.6 Å². The van der Waals surface area contributed by atoms with Gasteiger partial charge in [0.2, 0.25) is 5.91 Å². The minimum atomic E-state index is -0.0522. The van der Waals surface area contributed by atoms with Crippen LogP contribution in [0.4, 0.5) is 5.69 Å². The standard InChI is InChI=1S/C21H26N2O3/c1-15-5-10-20(26-4)18(13-15)14-23(3)12-11-21(25)22-19-8-6-17(7-9-19)16(2)24/h5-10,13H,11-12,14H2,1-4H3,(H,22,25). The number of ketones is 1. The fourth-order valence-corrected chi connectivity index (χ4v) is 2.70. The summed E-state index contributed by atoms with van der Waals surface area (Å²) in [5.41, 5.74) is 3.62. The van der Waals surface area contributed by atoms with Gasteiger partial charge in [0.15, 0.2) is 5.78 Å². The van der Waals surface area contributed by atoms with Crippen LogP contribution in [-0.2, 0) is 11.3 Å². The number of hydrogen-bond donors (Lipinski definition) is 1. The first-order chi connectivity index (χ1) is 12.4. The van der Waals surface area contributed by atoms with Gasteiger partial charge in [0.05, 0.1) is 7.11 Å². The second-order valence-corrected chi connectivity index (χ2v) is 6.48. The molecule has 138 valence electrons. The van der Waals surface area contributed by atoms with Crippen molar-refractivity contribution in [2.24, 2.45) is 0 Å². The molecule has 1 amide bonds. The molecule has 0 aromatic heterocycles. The molecule has 0 aliphatic rings. The fraction of sp³-hybridized carbons (Fsp3) is 0.333. The van der Waals surface area contributed by atoms with Gasteiger partial charge in [-0.15, -0.1) is 0 Å². The lowest BCUT2D eigenvalue weighted by atomic mass is 10.1. The minimum absolute atomic E-state index is 0.0103. The summed E-state index contributed by atoms with van der Waals surface area (Å²) in [4.78, 5) is 25.5. The number of rotatable bonds is 8. The van der Waals surface area contributed by atoms with E-state index in [1.165, 1.54) is 12.5 Å². The van der Waals surface area contributed by atoms with Gasteiger partial charge in [-0.25, -0.2) is 0 Å². The van der Waals surface area contributed by atoms with Gasteiger partial charge >= 0.3 is 0 Å². The number of hydrogen-bond acceptors (Lipinski definition) is 4. The van der Waals surface area contributed by atoms with Crippen LogP contribution in [0.1, 0.15) is 34.8 Å². The largest absolute Gasteiger partial charge is 0.496 e. The molecule has 0 aliphatic carbocycles. The molecule has 0 radical (unpaired) electrons. The van der Waals surface area contributed by atoms with Crippen molar-refractivity contribution in [2.45, 2.75) is 26.8 Å². The second kappa shape index (κ2) is 9.15. The third-order valence-corrected chi connectivity index (χ3v) is 4.17. The van der Waals surface area contributed by atoms with Crippen LogP contribution in [0.5, 0.6) is 5.75 Å². The number of aryl methyl sites for hydroxylation is 1. The summed E-state index contributed by atoms with van der Waals surface area (Å²) < 4.78 is 5.40. The summed E-state index contributed by atoms with van der Waals surface area (Å²) >= 11 is 0. The molecular formula is C21H26N2O3.